The number of allylic oxidation sites excluding steroid dienone is 11. The lowest BCUT2D eigenvalue weighted by Gasteiger charge is -2.20. The van der Waals surface area contributed by atoms with Gasteiger partial charge in [-0.15, -0.1) is 0 Å². The van der Waals surface area contributed by atoms with E-state index < -0.39 is 12.1 Å². The van der Waals surface area contributed by atoms with Crippen molar-refractivity contribution in [3.05, 3.63) is 72.9 Å². The Morgan fingerprint density at radius 1 is 0.305 bits per heavy atom. The summed E-state index contributed by atoms with van der Waals surface area (Å²) in [7, 11) is 0. The molecule has 0 spiro atoms. The standard InChI is InChI=1S/C78H145NO3/c1-3-5-7-9-11-13-15-17-19-21-23-25-27-29-31-33-34-35-36-37-38-39-40-41-42-43-44-46-48-50-52-54-56-58-60-62-64-66-68-70-72-74-78(82)79-76(75-80)77(81)73-71-69-67-65-63-61-59-57-55-53-51-49-47-45-32-30-28-26-24-22-20-18-16-14-12-10-8-6-4-2/h5,7,11,13,17,19,23,25,29,31,71,73,76-77,80-81H,3-4,6,8-10,12,14-16,18,20-22,24,26-28,30,32-70,72,74-75H2,1-2H3,(H,79,82)/b7-5-,13-11-,19-17-,25-23-,31-29-,73-71+. The molecule has 0 heterocycles. The molecular formula is C78H145NO3. The summed E-state index contributed by atoms with van der Waals surface area (Å²) in [5.41, 5.74) is 0. The molecule has 0 aliphatic carbocycles. The van der Waals surface area contributed by atoms with E-state index in [1.54, 1.807) is 6.08 Å². The number of carbonyl (C=O) groups excluding carboxylic acids is 1. The van der Waals surface area contributed by atoms with Gasteiger partial charge in [-0.3, -0.25) is 4.79 Å². The quantitative estimate of drug-likeness (QED) is 0.0420. The summed E-state index contributed by atoms with van der Waals surface area (Å²) in [5.74, 6) is -0.0561. The molecule has 0 saturated heterocycles. The first-order chi connectivity index (χ1) is 40.7. The highest BCUT2D eigenvalue weighted by Gasteiger charge is 2.18. The largest absolute Gasteiger partial charge is 0.394 e. The van der Waals surface area contributed by atoms with Gasteiger partial charge in [0.1, 0.15) is 0 Å². The van der Waals surface area contributed by atoms with Gasteiger partial charge < -0.3 is 15.5 Å². The number of aliphatic hydroxyl groups excluding tert-OH is 2. The molecule has 0 aromatic carbocycles. The van der Waals surface area contributed by atoms with Crippen LogP contribution in [0.25, 0.3) is 0 Å². The zero-order valence-electron chi connectivity index (χ0n) is 55.5. The van der Waals surface area contributed by atoms with Crippen molar-refractivity contribution in [2.45, 2.75) is 411 Å². The highest BCUT2D eigenvalue weighted by Crippen LogP contribution is 2.19. The Morgan fingerprint density at radius 3 is 0.805 bits per heavy atom. The minimum atomic E-state index is -0.841. The van der Waals surface area contributed by atoms with Crippen molar-refractivity contribution >= 4 is 5.91 Å². The molecule has 1 amide bonds. The third kappa shape index (κ3) is 68.6. The summed E-state index contributed by atoms with van der Waals surface area (Å²) in [6, 6.07) is -0.624. The number of aliphatic hydroxyl groups is 2. The smallest absolute Gasteiger partial charge is 0.220 e. The Bertz CT molecular complexity index is 1390. The lowest BCUT2D eigenvalue weighted by molar-refractivity contribution is -0.123. The second-order valence-corrected chi connectivity index (χ2v) is 25.3. The van der Waals surface area contributed by atoms with Crippen LogP contribution in [0.5, 0.6) is 0 Å². The number of unbranched alkanes of at least 4 members (excludes halogenated alkanes) is 52. The van der Waals surface area contributed by atoms with Gasteiger partial charge in [-0.1, -0.05) is 401 Å². The molecule has 4 nitrogen and oxygen atoms in total. The first kappa shape index (κ1) is 79.8. The van der Waals surface area contributed by atoms with Crippen LogP contribution in [0.4, 0.5) is 0 Å². The van der Waals surface area contributed by atoms with Gasteiger partial charge in [0.05, 0.1) is 18.8 Å². The Morgan fingerprint density at radius 2 is 0.537 bits per heavy atom. The lowest BCUT2D eigenvalue weighted by atomic mass is 10.0. The molecule has 2 unspecified atom stereocenters. The molecule has 0 radical (unpaired) electrons. The first-order valence-electron chi connectivity index (χ1n) is 37.2. The zero-order valence-corrected chi connectivity index (χ0v) is 55.5. The van der Waals surface area contributed by atoms with E-state index in [0.717, 1.165) is 57.8 Å². The molecule has 0 saturated carbocycles. The molecule has 480 valence electrons. The lowest BCUT2D eigenvalue weighted by Crippen LogP contribution is -2.45. The topological polar surface area (TPSA) is 69.6 Å². The van der Waals surface area contributed by atoms with Gasteiger partial charge in [-0.2, -0.15) is 0 Å². The highest BCUT2D eigenvalue weighted by atomic mass is 16.3. The van der Waals surface area contributed by atoms with Crippen LogP contribution in [0.1, 0.15) is 399 Å². The highest BCUT2D eigenvalue weighted by molar-refractivity contribution is 5.76. The average molecular weight is 1150 g/mol. The average Bonchev–Trinajstić information content (AvgIpc) is 3.50. The van der Waals surface area contributed by atoms with E-state index in [2.05, 4.69) is 79.9 Å². The summed E-state index contributed by atoms with van der Waals surface area (Å²) in [6.07, 6.45) is 106. The van der Waals surface area contributed by atoms with Gasteiger partial charge >= 0.3 is 0 Å². The van der Waals surface area contributed by atoms with Crippen LogP contribution in [-0.2, 0) is 4.79 Å². The van der Waals surface area contributed by atoms with E-state index in [0.29, 0.717) is 6.42 Å². The van der Waals surface area contributed by atoms with Crippen molar-refractivity contribution in [2.75, 3.05) is 6.61 Å². The normalized spacial score (nSPS) is 13.1. The van der Waals surface area contributed by atoms with Crippen molar-refractivity contribution in [1.29, 1.82) is 0 Å². The fourth-order valence-corrected chi connectivity index (χ4v) is 11.6. The number of amides is 1. The van der Waals surface area contributed by atoms with E-state index >= 15 is 0 Å². The molecule has 0 aromatic heterocycles. The van der Waals surface area contributed by atoms with Gasteiger partial charge in [0, 0.05) is 6.42 Å². The number of carbonyl (C=O) groups is 1. The minimum absolute atomic E-state index is 0.0561. The van der Waals surface area contributed by atoms with E-state index in [4.69, 9.17) is 0 Å². The molecule has 0 rings (SSSR count). The minimum Gasteiger partial charge on any atom is -0.394 e. The van der Waals surface area contributed by atoms with E-state index in [1.807, 2.05) is 6.08 Å². The van der Waals surface area contributed by atoms with Crippen LogP contribution < -0.4 is 5.32 Å². The van der Waals surface area contributed by atoms with Gasteiger partial charge in [0.2, 0.25) is 5.91 Å². The summed E-state index contributed by atoms with van der Waals surface area (Å²) in [6.45, 7) is 4.24. The fourth-order valence-electron chi connectivity index (χ4n) is 11.6. The summed E-state index contributed by atoms with van der Waals surface area (Å²) in [5, 5.41) is 23.3. The van der Waals surface area contributed by atoms with Crippen molar-refractivity contribution < 1.29 is 15.0 Å². The van der Waals surface area contributed by atoms with Crippen LogP contribution in [0.2, 0.25) is 0 Å². The van der Waals surface area contributed by atoms with Gasteiger partial charge in [-0.25, -0.2) is 0 Å². The van der Waals surface area contributed by atoms with Crippen LogP contribution in [0.15, 0.2) is 72.9 Å². The third-order valence-electron chi connectivity index (χ3n) is 17.2. The van der Waals surface area contributed by atoms with Crippen LogP contribution in [0.3, 0.4) is 0 Å². The fraction of sp³-hybridized carbons (Fsp3) is 0.833. The number of hydrogen-bond acceptors (Lipinski definition) is 3. The zero-order chi connectivity index (χ0) is 59.1. The molecule has 0 bridgehead atoms. The maximum atomic E-state index is 12.6. The number of hydrogen-bond donors (Lipinski definition) is 3. The maximum Gasteiger partial charge on any atom is 0.220 e. The SMILES string of the molecule is CC/C=C\C/C=C\C/C=C\C/C=C\C/C=C\CCCCCCCCCCCCCCCCCCCCCCCCCCCC(=O)NC(CO)C(O)/C=C/CCCCCCCCCCCCCCCCCCCCCCCCCCCCC. The van der Waals surface area contributed by atoms with Crippen molar-refractivity contribution in [1.82, 2.24) is 5.32 Å². The molecular weight excluding hydrogens is 999 g/mol. The molecule has 82 heavy (non-hydrogen) atoms. The third-order valence-corrected chi connectivity index (χ3v) is 17.2. The second-order valence-electron chi connectivity index (χ2n) is 25.3. The number of rotatable bonds is 69. The van der Waals surface area contributed by atoms with Crippen molar-refractivity contribution in [3.63, 3.8) is 0 Å². The van der Waals surface area contributed by atoms with E-state index in [-0.39, 0.29) is 12.5 Å². The van der Waals surface area contributed by atoms with Gasteiger partial charge in [0.15, 0.2) is 0 Å². The number of nitrogens with one attached hydrogen (secondary N) is 1. The first-order valence-corrected chi connectivity index (χ1v) is 37.2. The van der Waals surface area contributed by atoms with Gasteiger partial charge in [0.25, 0.3) is 0 Å². The predicted octanol–water partition coefficient (Wildman–Crippen LogP) is 25.6. The Labute approximate surface area is 514 Å². The molecule has 0 aliphatic rings. The van der Waals surface area contributed by atoms with Crippen LogP contribution in [0, 0.1) is 0 Å². The Kier molecular flexibility index (Phi) is 71.2. The van der Waals surface area contributed by atoms with E-state index in [1.165, 1.54) is 321 Å². The molecule has 0 fully saturated rings. The molecule has 0 aliphatic heterocycles. The summed E-state index contributed by atoms with van der Waals surface area (Å²) >= 11 is 0. The maximum absolute atomic E-state index is 12.6. The van der Waals surface area contributed by atoms with E-state index in [9.17, 15) is 15.0 Å². The summed E-state index contributed by atoms with van der Waals surface area (Å²) in [4.78, 5) is 12.6. The predicted molar refractivity (Wildman–Crippen MR) is 368 cm³/mol. The van der Waals surface area contributed by atoms with Crippen LogP contribution >= 0.6 is 0 Å². The Hall–Kier alpha value is -2.17. The molecule has 4 heteroatoms. The monoisotopic (exact) mass is 1140 g/mol. The molecule has 2 atom stereocenters. The van der Waals surface area contributed by atoms with Gasteiger partial charge in [-0.05, 0) is 64.2 Å². The Balaban J connectivity index is 3.41. The van der Waals surface area contributed by atoms with Crippen molar-refractivity contribution in [2.24, 2.45) is 0 Å². The van der Waals surface area contributed by atoms with Crippen molar-refractivity contribution in [3.8, 4) is 0 Å². The van der Waals surface area contributed by atoms with Crippen LogP contribution in [-0.4, -0.2) is 34.9 Å². The molecule has 3 N–H and O–H groups in total. The second kappa shape index (κ2) is 73.1. The summed E-state index contributed by atoms with van der Waals surface area (Å²) < 4.78 is 0. The molecule has 0 aromatic rings.